The molecule has 2 N–H and O–H groups in total. The SMILES string of the molecule is CN(C)C(=O)c1cn[nH]c1NCC1=Cc2ccccc2OC1. The molecule has 1 aromatic carbocycles. The zero-order valence-corrected chi connectivity index (χ0v) is 12.6. The molecule has 3 rings (SSSR count). The van der Waals surface area contributed by atoms with Crippen molar-refractivity contribution in [3.8, 4) is 5.75 Å². The standard InChI is InChI=1S/C16H18N4O2/c1-20(2)16(21)13-9-18-19-15(13)17-8-11-7-12-5-3-4-6-14(12)22-10-11/h3-7,9H,8,10H2,1-2H3,(H2,17,18,19). The van der Waals surface area contributed by atoms with Gasteiger partial charge < -0.3 is 15.0 Å². The number of anilines is 1. The van der Waals surface area contributed by atoms with E-state index in [0.717, 1.165) is 16.9 Å². The van der Waals surface area contributed by atoms with Crippen LogP contribution in [0.2, 0.25) is 0 Å². The van der Waals surface area contributed by atoms with Crippen molar-refractivity contribution in [1.82, 2.24) is 15.1 Å². The van der Waals surface area contributed by atoms with Crippen LogP contribution in [0.3, 0.4) is 0 Å². The van der Waals surface area contributed by atoms with Crippen LogP contribution in [0, 0.1) is 0 Å². The van der Waals surface area contributed by atoms with Gasteiger partial charge in [0.05, 0.1) is 6.20 Å². The van der Waals surface area contributed by atoms with Crippen LogP contribution >= 0.6 is 0 Å². The minimum atomic E-state index is -0.0875. The number of para-hydroxylation sites is 1. The minimum Gasteiger partial charge on any atom is -0.489 e. The van der Waals surface area contributed by atoms with Crippen molar-refractivity contribution in [1.29, 1.82) is 0 Å². The maximum atomic E-state index is 12.0. The molecule has 22 heavy (non-hydrogen) atoms. The maximum absolute atomic E-state index is 12.0. The fourth-order valence-electron chi connectivity index (χ4n) is 2.29. The average molecular weight is 298 g/mol. The molecule has 1 aromatic heterocycles. The van der Waals surface area contributed by atoms with Gasteiger partial charge >= 0.3 is 0 Å². The minimum absolute atomic E-state index is 0.0875. The van der Waals surface area contributed by atoms with Gasteiger partial charge in [0.15, 0.2) is 0 Å². The van der Waals surface area contributed by atoms with E-state index in [1.54, 1.807) is 14.1 Å². The Morgan fingerprint density at radius 3 is 3.05 bits per heavy atom. The van der Waals surface area contributed by atoms with Crippen molar-refractivity contribution in [2.75, 3.05) is 32.6 Å². The number of hydrogen-bond donors (Lipinski definition) is 2. The number of H-pyrrole nitrogens is 1. The average Bonchev–Trinajstić information content (AvgIpc) is 3.00. The van der Waals surface area contributed by atoms with Gasteiger partial charge in [0.2, 0.25) is 0 Å². The Morgan fingerprint density at radius 1 is 1.41 bits per heavy atom. The monoisotopic (exact) mass is 298 g/mol. The number of ether oxygens (including phenoxy) is 1. The number of amides is 1. The van der Waals surface area contributed by atoms with Crippen molar-refractivity contribution >= 4 is 17.8 Å². The molecular formula is C16H18N4O2. The zero-order valence-electron chi connectivity index (χ0n) is 12.6. The summed E-state index contributed by atoms with van der Waals surface area (Å²) in [7, 11) is 3.43. The van der Waals surface area contributed by atoms with E-state index in [2.05, 4.69) is 21.6 Å². The summed E-state index contributed by atoms with van der Waals surface area (Å²) in [6, 6.07) is 7.92. The Labute approximate surface area is 128 Å². The second-order valence-corrected chi connectivity index (χ2v) is 5.34. The van der Waals surface area contributed by atoms with Crippen molar-refractivity contribution < 1.29 is 9.53 Å². The van der Waals surface area contributed by atoms with Crippen LogP contribution in [0.1, 0.15) is 15.9 Å². The number of carbonyl (C=O) groups excluding carboxylic acids is 1. The molecule has 0 saturated heterocycles. The summed E-state index contributed by atoms with van der Waals surface area (Å²) in [5, 5.41) is 9.98. The molecule has 1 aliphatic heterocycles. The van der Waals surface area contributed by atoms with E-state index < -0.39 is 0 Å². The predicted molar refractivity (Wildman–Crippen MR) is 85.0 cm³/mol. The summed E-state index contributed by atoms with van der Waals surface area (Å²) >= 11 is 0. The highest BCUT2D eigenvalue weighted by Gasteiger charge is 2.16. The van der Waals surface area contributed by atoms with Crippen LogP contribution in [0.4, 0.5) is 5.82 Å². The fourth-order valence-corrected chi connectivity index (χ4v) is 2.29. The molecule has 6 nitrogen and oxygen atoms in total. The Balaban J connectivity index is 1.71. The summed E-state index contributed by atoms with van der Waals surface area (Å²) in [5.41, 5.74) is 2.71. The summed E-state index contributed by atoms with van der Waals surface area (Å²) in [6.45, 7) is 1.12. The number of benzene rings is 1. The number of fused-ring (bicyclic) bond motifs is 1. The van der Waals surface area contributed by atoms with Gasteiger partial charge in [-0.15, -0.1) is 0 Å². The van der Waals surface area contributed by atoms with Crippen molar-refractivity contribution in [3.05, 3.63) is 47.2 Å². The van der Waals surface area contributed by atoms with Gasteiger partial charge in [0.1, 0.15) is 23.7 Å². The smallest absolute Gasteiger partial charge is 0.258 e. The fraction of sp³-hybridized carbons (Fsp3) is 0.250. The van der Waals surface area contributed by atoms with E-state index in [4.69, 9.17) is 4.74 Å². The highest BCUT2D eigenvalue weighted by Crippen LogP contribution is 2.25. The number of aromatic amines is 1. The van der Waals surface area contributed by atoms with E-state index in [1.807, 2.05) is 24.3 Å². The number of hydrogen-bond acceptors (Lipinski definition) is 4. The lowest BCUT2D eigenvalue weighted by molar-refractivity contribution is 0.0828. The molecule has 0 aliphatic carbocycles. The van der Waals surface area contributed by atoms with Crippen LogP contribution in [0.5, 0.6) is 5.75 Å². The first kappa shape index (κ1) is 14.2. The highest BCUT2D eigenvalue weighted by atomic mass is 16.5. The number of nitrogens with zero attached hydrogens (tertiary/aromatic N) is 2. The van der Waals surface area contributed by atoms with Crippen molar-refractivity contribution in [3.63, 3.8) is 0 Å². The van der Waals surface area contributed by atoms with Gasteiger partial charge in [-0.25, -0.2) is 0 Å². The normalized spacial score (nSPS) is 12.9. The van der Waals surface area contributed by atoms with Gasteiger partial charge in [0.25, 0.3) is 5.91 Å². The molecular weight excluding hydrogens is 280 g/mol. The lowest BCUT2D eigenvalue weighted by Gasteiger charge is -2.18. The lowest BCUT2D eigenvalue weighted by atomic mass is 10.1. The molecule has 2 heterocycles. The second-order valence-electron chi connectivity index (χ2n) is 5.34. The molecule has 114 valence electrons. The molecule has 1 amide bonds. The van der Waals surface area contributed by atoms with E-state index >= 15 is 0 Å². The third-order valence-corrected chi connectivity index (χ3v) is 3.46. The summed E-state index contributed by atoms with van der Waals surface area (Å²) in [4.78, 5) is 13.6. The van der Waals surface area contributed by atoms with Crippen LogP contribution < -0.4 is 10.1 Å². The highest BCUT2D eigenvalue weighted by molar-refractivity contribution is 5.98. The molecule has 0 unspecified atom stereocenters. The Kier molecular flexibility index (Phi) is 3.82. The summed E-state index contributed by atoms with van der Waals surface area (Å²) in [5.74, 6) is 1.44. The van der Waals surface area contributed by atoms with Crippen molar-refractivity contribution in [2.45, 2.75) is 0 Å². The number of carbonyl (C=O) groups is 1. The molecule has 0 fully saturated rings. The van der Waals surface area contributed by atoms with E-state index in [9.17, 15) is 4.79 Å². The topological polar surface area (TPSA) is 70.2 Å². The first-order chi connectivity index (χ1) is 10.6. The van der Waals surface area contributed by atoms with Gasteiger partial charge in [-0.2, -0.15) is 5.10 Å². The first-order valence-electron chi connectivity index (χ1n) is 7.05. The van der Waals surface area contributed by atoms with Gasteiger partial charge in [-0.1, -0.05) is 18.2 Å². The van der Waals surface area contributed by atoms with Crippen LogP contribution in [0.15, 0.2) is 36.0 Å². The Morgan fingerprint density at radius 2 is 2.23 bits per heavy atom. The molecule has 2 aromatic rings. The largest absolute Gasteiger partial charge is 0.489 e. The van der Waals surface area contributed by atoms with E-state index in [1.165, 1.54) is 11.1 Å². The molecule has 0 saturated carbocycles. The van der Waals surface area contributed by atoms with Crippen LogP contribution in [-0.4, -0.2) is 48.3 Å². The first-order valence-corrected chi connectivity index (χ1v) is 7.05. The van der Waals surface area contributed by atoms with E-state index in [0.29, 0.717) is 24.5 Å². The molecule has 0 radical (unpaired) electrons. The summed E-state index contributed by atoms with van der Waals surface area (Å²) < 4.78 is 5.71. The van der Waals surface area contributed by atoms with Gasteiger partial charge in [-0.3, -0.25) is 9.89 Å². The second kappa shape index (κ2) is 5.93. The maximum Gasteiger partial charge on any atom is 0.258 e. The third kappa shape index (κ3) is 2.81. The van der Waals surface area contributed by atoms with Crippen molar-refractivity contribution in [2.24, 2.45) is 0 Å². The van der Waals surface area contributed by atoms with Gasteiger partial charge in [0, 0.05) is 26.2 Å². The summed E-state index contributed by atoms with van der Waals surface area (Å²) in [6.07, 6.45) is 3.64. The third-order valence-electron chi connectivity index (χ3n) is 3.46. The van der Waals surface area contributed by atoms with Gasteiger partial charge in [-0.05, 0) is 17.7 Å². The van der Waals surface area contributed by atoms with E-state index in [-0.39, 0.29) is 5.91 Å². The molecule has 0 spiro atoms. The molecule has 0 bridgehead atoms. The zero-order chi connectivity index (χ0) is 15.5. The van der Waals surface area contributed by atoms with Crippen LogP contribution in [-0.2, 0) is 0 Å². The molecule has 6 heteroatoms. The number of aromatic nitrogens is 2. The lowest BCUT2D eigenvalue weighted by Crippen LogP contribution is -2.23. The Bertz CT molecular complexity index is 718. The Hall–Kier alpha value is -2.76. The predicted octanol–water partition coefficient (Wildman–Crippen LogP) is 2.00. The molecule has 1 aliphatic rings. The van der Waals surface area contributed by atoms with Crippen LogP contribution in [0.25, 0.3) is 6.08 Å². The quantitative estimate of drug-likeness (QED) is 0.905. The molecule has 0 atom stereocenters. The number of nitrogens with one attached hydrogen (secondary N) is 2. The number of rotatable bonds is 4.